The SMILES string of the molecule is CCCc1ccc(C(=O)N=S2(=O)CCC3(CC2)CN(C(C)=O)CCO3)s1. The number of amides is 2. The number of ether oxygens (including phenoxy) is 1. The Hall–Kier alpha value is -1.25. The highest BCUT2D eigenvalue weighted by Crippen LogP contribution is 2.32. The molecular weight excluding hydrogens is 372 g/mol. The molecular formula is C18H26N2O4S2. The molecule has 144 valence electrons. The summed E-state index contributed by atoms with van der Waals surface area (Å²) in [6, 6.07) is 3.73. The lowest BCUT2D eigenvalue weighted by Crippen LogP contribution is -2.56. The minimum absolute atomic E-state index is 0.0411. The number of rotatable bonds is 3. The van der Waals surface area contributed by atoms with Crippen LogP contribution >= 0.6 is 11.3 Å². The second-order valence-corrected chi connectivity index (χ2v) is 10.8. The molecule has 8 heteroatoms. The average Bonchev–Trinajstić information content (AvgIpc) is 3.08. The van der Waals surface area contributed by atoms with Crippen molar-refractivity contribution in [2.24, 2.45) is 4.36 Å². The Balaban J connectivity index is 1.68. The van der Waals surface area contributed by atoms with Crippen LogP contribution in [-0.4, -0.2) is 57.7 Å². The van der Waals surface area contributed by atoms with Crippen molar-refractivity contribution in [3.05, 3.63) is 21.9 Å². The van der Waals surface area contributed by atoms with Gasteiger partial charge in [0.25, 0.3) is 5.91 Å². The van der Waals surface area contributed by atoms with E-state index >= 15 is 0 Å². The summed E-state index contributed by atoms with van der Waals surface area (Å²) in [5.74, 6) is 0.364. The maximum Gasteiger partial charge on any atom is 0.295 e. The van der Waals surface area contributed by atoms with Crippen molar-refractivity contribution in [3.8, 4) is 0 Å². The van der Waals surface area contributed by atoms with Crippen LogP contribution in [0.15, 0.2) is 16.5 Å². The maximum atomic E-state index is 13.0. The zero-order chi connectivity index (χ0) is 18.8. The van der Waals surface area contributed by atoms with Gasteiger partial charge in [-0.3, -0.25) is 9.59 Å². The van der Waals surface area contributed by atoms with Crippen molar-refractivity contribution in [1.29, 1.82) is 0 Å². The molecule has 2 saturated heterocycles. The van der Waals surface area contributed by atoms with E-state index in [2.05, 4.69) is 11.3 Å². The monoisotopic (exact) mass is 398 g/mol. The van der Waals surface area contributed by atoms with Crippen LogP contribution in [0.3, 0.4) is 0 Å². The summed E-state index contributed by atoms with van der Waals surface area (Å²) in [6.45, 7) is 5.31. The highest BCUT2D eigenvalue weighted by atomic mass is 32.2. The second-order valence-electron chi connectivity index (χ2n) is 7.07. The molecule has 3 rings (SSSR count). The second kappa shape index (κ2) is 7.78. The van der Waals surface area contributed by atoms with E-state index in [-0.39, 0.29) is 11.8 Å². The summed E-state index contributed by atoms with van der Waals surface area (Å²) >= 11 is 1.44. The summed E-state index contributed by atoms with van der Waals surface area (Å²) in [5.41, 5.74) is -0.430. The predicted molar refractivity (Wildman–Crippen MR) is 103 cm³/mol. The standard InChI is InChI=1S/C18H26N2O4S2/c1-3-4-15-5-6-16(25-15)17(22)19-26(23)11-7-18(8-12-26)13-20(14(2)21)9-10-24-18/h5-6H,3-4,7-13H2,1-2H3. The minimum Gasteiger partial charge on any atom is -0.371 e. The lowest BCUT2D eigenvalue weighted by molar-refractivity contribution is -0.150. The van der Waals surface area contributed by atoms with Crippen LogP contribution in [0.25, 0.3) is 0 Å². The van der Waals surface area contributed by atoms with E-state index in [4.69, 9.17) is 4.74 Å². The number of nitrogens with zero attached hydrogens (tertiary/aromatic N) is 2. The molecule has 0 bridgehead atoms. The molecule has 0 unspecified atom stereocenters. The third kappa shape index (κ3) is 4.35. The van der Waals surface area contributed by atoms with Crippen molar-refractivity contribution >= 4 is 32.9 Å². The Morgan fingerprint density at radius 1 is 1.35 bits per heavy atom. The van der Waals surface area contributed by atoms with E-state index in [0.29, 0.717) is 48.9 Å². The van der Waals surface area contributed by atoms with Gasteiger partial charge in [-0.1, -0.05) is 13.3 Å². The molecule has 2 aliphatic rings. The van der Waals surface area contributed by atoms with Crippen LogP contribution in [0.4, 0.5) is 0 Å². The van der Waals surface area contributed by atoms with Crippen molar-refractivity contribution < 1.29 is 18.5 Å². The number of aryl methyl sites for hydroxylation is 1. The summed E-state index contributed by atoms with van der Waals surface area (Å²) in [4.78, 5) is 27.6. The quantitative estimate of drug-likeness (QED) is 0.784. The molecule has 3 heterocycles. The first-order valence-corrected chi connectivity index (χ1v) is 11.8. The van der Waals surface area contributed by atoms with Gasteiger partial charge in [0.05, 0.1) is 26.8 Å². The van der Waals surface area contributed by atoms with Gasteiger partial charge in [-0.15, -0.1) is 11.3 Å². The third-order valence-corrected chi connectivity index (χ3v) is 8.38. The van der Waals surface area contributed by atoms with Crippen LogP contribution in [0.2, 0.25) is 0 Å². The zero-order valence-corrected chi connectivity index (χ0v) is 17.0. The van der Waals surface area contributed by atoms with Crippen LogP contribution in [0.1, 0.15) is 47.7 Å². The van der Waals surface area contributed by atoms with Gasteiger partial charge < -0.3 is 9.64 Å². The first-order chi connectivity index (χ1) is 12.3. The Labute approximate surface area is 159 Å². The Morgan fingerprint density at radius 2 is 2.08 bits per heavy atom. The Morgan fingerprint density at radius 3 is 2.73 bits per heavy atom. The van der Waals surface area contributed by atoms with Crippen LogP contribution in [0.5, 0.6) is 0 Å². The molecule has 2 amide bonds. The van der Waals surface area contributed by atoms with Gasteiger partial charge in [0.15, 0.2) is 0 Å². The van der Waals surface area contributed by atoms with E-state index < -0.39 is 15.3 Å². The lowest BCUT2D eigenvalue weighted by Gasteiger charge is -2.45. The van der Waals surface area contributed by atoms with Gasteiger partial charge in [-0.05, 0) is 31.4 Å². The molecule has 0 aromatic carbocycles. The number of thiophene rings is 1. The smallest absolute Gasteiger partial charge is 0.295 e. The molecule has 2 aliphatic heterocycles. The molecule has 0 N–H and O–H groups in total. The number of carbonyl (C=O) groups excluding carboxylic acids is 2. The summed E-state index contributed by atoms with van der Waals surface area (Å²) in [6.07, 6.45) is 3.11. The van der Waals surface area contributed by atoms with Gasteiger partial charge >= 0.3 is 0 Å². The first kappa shape index (κ1) is 19.5. The molecule has 1 spiro atoms. The minimum atomic E-state index is -2.56. The third-order valence-electron chi connectivity index (χ3n) is 5.07. The van der Waals surface area contributed by atoms with Gasteiger partial charge in [-0.25, -0.2) is 4.21 Å². The zero-order valence-electron chi connectivity index (χ0n) is 15.4. The molecule has 0 radical (unpaired) electrons. The summed E-state index contributed by atoms with van der Waals surface area (Å²) < 4.78 is 23.1. The normalized spacial score (nSPS) is 28.9. The fourth-order valence-electron chi connectivity index (χ4n) is 3.50. The summed E-state index contributed by atoms with van der Waals surface area (Å²) in [5, 5.41) is 0. The molecule has 1 aromatic rings. The van der Waals surface area contributed by atoms with Crippen LogP contribution < -0.4 is 0 Å². The Bertz CT molecular complexity index is 794. The van der Waals surface area contributed by atoms with E-state index in [1.165, 1.54) is 11.3 Å². The van der Waals surface area contributed by atoms with Crippen molar-refractivity contribution in [2.75, 3.05) is 31.2 Å². The molecule has 6 nitrogen and oxygen atoms in total. The topological polar surface area (TPSA) is 76.0 Å². The van der Waals surface area contributed by atoms with Gasteiger partial charge in [0, 0.05) is 36.4 Å². The van der Waals surface area contributed by atoms with Crippen LogP contribution in [0, 0.1) is 0 Å². The fourth-order valence-corrected chi connectivity index (χ4v) is 6.72. The average molecular weight is 399 g/mol. The van der Waals surface area contributed by atoms with E-state index in [9.17, 15) is 13.8 Å². The number of morpholine rings is 1. The van der Waals surface area contributed by atoms with E-state index in [1.54, 1.807) is 17.9 Å². The fraction of sp³-hybridized carbons (Fsp3) is 0.667. The van der Waals surface area contributed by atoms with Crippen molar-refractivity contribution in [3.63, 3.8) is 0 Å². The molecule has 26 heavy (non-hydrogen) atoms. The van der Waals surface area contributed by atoms with Crippen molar-refractivity contribution in [2.45, 2.75) is 45.1 Å². The van der Waals surface area contributed by atoms with Crippen LogP contribution in [-0.2, 0) is 25.7 Å². The molecule has 0 aliphatic carbocycles. The first-order valence-electron chi connectivity index (χ1n) is 9.10. The van der Waals surface area contributed by atoms with Gasteiger partial charge in [0.2, 0.25) is 5.91 Å². The van der Waals surface area contributed by atoms with Gasteiger partial charge in [0.1, 0.15) is 0 Å². The maximum absolute atomic E-state index is 13.0. The number of hydrogen-bond donors (Lipinski definition) is 0. The van der Waals surface area contributed by atoms with Crippen molar-refractivity contribution in [1.82, 2.24) is 4.90 Å². The Kier molecular flexibility index (Phi) is 5.84. The van der Waals surface area contributed by atoms with E-state index in [0.717, 1.165) is 17.7 Å². The number of carbonyl (C=O) groups is 2. The highest BCUT2D eigenvalue weighted by molar-refractivity contribution is 7.93. The molecule has 0 atom stereocenters. The largest absolute Gasteiger partial charge is 0.371 e. The summed E-state index contributed by atoms with van der Waals surface area (Å²) in [7, 11) is -2.56. The van der Waals surface area contributed by atoms with E-state index in [1.807, 2.05) is 6.07 Å². The van der Waals surface area contributed by atoms with Gasteiger partial charge in [-0.2, -0.15) is 4.36 Å². The number of hydrogen-bond acceptors (Lipinski definition) is 5. The lowest BCUT2D eigenvalue weighted by atomic mass is 9.94. The predicted octanol–water partition coefficient (Wildman–Crippen LogP) is 2.72. The molecule has 0 saturated carbocycles. The highest BCUT2D eigenvalue weighted by Gasteiger charge is 2.42. The molecule has 1 aromatic heterocycles. The molecule has 2 fully saturated rings.